The largest absolute Gasteiger partial charge is 0.573 e. The molecular weight excluding hydrogens is 365 g/mol. The summed E-state index contributed by atoms with van der Waals surface area (Å²) in [6, 6.07) is 13.8. The Morgan fingerprint density at radius 3 is 1.82 bits per heavy atom. The van der Waals surface area contributed by atoms with Gasteiger partial charge in [-0.15, -0.1) is 13.2 Å². The van der Waals surface area contributed by atoms with Crippen molar-refractivity contribution in [2.24, 2.45) is 16.1 Å². The second kappa shape index (κ2) is 9.04. The molecule has 0 atom stereocenters. The third-order valence-corrected chi connectivity index (χ3v) is 5.02. The second-order valence-electron chi connectivity index (χ2n) is 7.23. The predicted octanol–water partition coefficient (Wildman–Crippen LogP) is 6.33. The Kier molecular flexibility index (Phi) is 6.49. The molecule has 3 nitrogen and oxygen atoms in total. The van der Waals surface area contributed by atoms with Gasteiger partial charge in [-0.25, -0.2) is 0 Å². The van der Waals surface area contributed by atoms with Gasteiger partial charge in [0.05, 0.1) is 12.4 Å². The normalized spacial score (nSPS) is 20.7. The van der Waals surface area contributed by atoms with Crippen molar-refractivity contribution in [2.45, 2.75) is 44.9 Å². The summed E-state index contributed by atoms with van der Waals surface area (Å²) in [5.74, 6) is 1.24. The third kappa shape index (κ3) is 6.22. The predicted molar refractivity (Wildman–Crippen MR) is 105 cm³/mol. The fraction of sp³-hybridized carbons (Fsp3) is 0.364. The van der Waals surface area contributed by atoms with Crippen LogP contribution in [0.5, 0.6) is 5.75 Å². The van der Waals surface area contributed by atoms with Crippen molar-refractivity contribution in [3.63, 3.8) is 0 Å². The number of alkyl halides is 3. The van der Waals surface area contributed by atoms with Crippen molar-refractivity contribution in [1.29, 1.82) is 0 Å². The van der Waals surface area contributed by atoms with Gasteiger partial charge in [0, 0.05) is 0 Å². The van der Waals surface area contributed by atoms with Gasteiger partial charge in [-0.3, -0.25) is 0 Å². The minimum atomic E-state index is -4.69. The highest BCUT2D eigenvalue weighted by Gasteiger charge is 2.30. The summed E-state index contributed by atoms with van der Waals surface area (Å²) in [4.78, 5) is 0. The van der Waals surface area contributed by atoms with Crippen molar-refractivity contribution >= 4 is 12.4 Å². The number of benzene rings is 2. The van der Waals surface area contributed by atoms with Gasteiger partial charge in [-0.1, -0.05) is 44.0 Å². The fourth-order valence-electron chi connectivity index (χ4n) is 3.40. The van der Waals surface area contributed by atoms with E-state index in [1.807, 2.05) is 12.1 Å². The number of rotatable bonds is 5. The highest BCUT2D eigenvalue weighted by molar-refractivity contribution is 5.82. The zero-order valence-electron chi connectivity index (χ0n) is 15.7. The lowest BCUT2D eigenvalue weighted by Gasteiger charge is -2.26. The quantitative estimate of drug-likeness (QED) is 0.435. The van der Waals surface area contributed by atoms with Crippen molar-refractivity contribution in [2.75, 3.05) is 0 Å². The molecule has 0 aliphatic heterocycles. The summed E-state index contributed by atoms with van der Waals surface area (Å²) >= 11 is 0. The zero-order valence-corrected chi connectivity index (χ0v) is 15.7. The van der Waals surface area contributed by atoms with Gasteiger partial charge >= 0.3 is 6.36 Å². The molecule has 2 aromatic rings. The molecule has 0 saturated heterocycles. The molecule has 0 bridgehead atoms. The Balaban J connectivity index is 1.52. The molecule has 1 fully saturated rings. The zero-order chi connectivity index (χ0) is 20.0. The molecule has 0 N–H and O–H groups in total. The second-order valence-corrected chi connectivity index (χ2v) is 7.23. The van der Waals surface area contributed by atoms with E-state index in [-0.39, 0.29) is 5.75 Å². The van der Waals surface area contributed by atoms with E-state index in [0.717, 1.165) is 11.5 Å². The lowest BCUT2D eigenvalue weighted by atomic mass is 9.79. The van der Waals surface area contributed by atoms with Gasteiger partial charge in [-0.05, 0) is 65.6 Å². The van der Waals surface area contributed by atoms with Crippen LogP contribution >= 0.6 is 0 Å². The van der Waals surface area contributed by atoms with Crippen LogP contribution in [0, 0.1) is 5.92 Å². The lowest BCUT2D eigenvalue weighted by molar-refractivity contribution is -0.274. The van der Waals surface area contributed by atoms with Crippen molar-refractivity contribution < 1.29 is 17.9 Å². The maximum Gasteiger partial charge on any atom is 0.573 e. The van der Waals surface area contributed by atoms with E-state index in [1.165, 1.54) is 61.7 Å². The molecule has 2 aromatic carbocycles. The Morgan fingerprint density at radius 1 is 0.821 bits per heavy atom. The van der Waals surface area contributed by atoms with Crippen LogP contribution in [0.25, 0.3) is 0 Å². The van der Waals surface area contributed by atoms with Crippen LogP contribution in [0.2, 0.25) is 0 Å². The van der Waals surface area contributed by atoms with Crippen molar-refractivity contribution in [3.05, 3.63) is 65.2 Å². The standard InChI is InChI=1S/C22H23F3N2O/c1-16-2-8-19(9-3-16)20-10-4-17(5-11-20)14-26-27-15-18-6-12-21(13-7-18)28-22(23,24)25/h4-7,10-16,19H,2-3,8-9H2,1H3/b26-14-,27-15-. The topological polar surface area (TPSA) is 34.0 Å². The first-order valence-electron chi connectivity index (χ1n) is 9.41. The molecule has 1 aliphatic carbocycles. The summed E-state index contributed by atoms with van der Waals surface area (Å²) in [5, 5.41) is 7.95. The summed E-state index contributed by atoms with van der Waals surface area (Å²) < 4.78 is 40.2. The van der Waals surface area contributed by atoms with Gasteiger partial charge in [0.2, 0.25) is 0 Å². The van der Waals surface area contributed by atoms with E-state index in [1.54, 1.807) is 6.21 Å². The maximum atomic E-state index is 12.1. The molecule has 0 amide bonds. The average Bonchev–Trinajstić information content (AvgIpc) is 2.66. The number of hydrogen-bond acceptors (Lipinski definition) is 3. The van der Waals surface area contributed by atoms with Crippen LogP contribution in [0.1, 0.15) is 55.2 Å². The van der Waals surface area contributed by atoms with Crippen LogP contribution in [-0.2, 0) is 0 Å². The van der Waals surface area contributed by atoms with Crippen LogP contribution in [-0.4, -0.2) is 18.8 Å². The van der Waals surface area contributed by atoms with Gasteiger partial charge in [0.1, 0.15) is 5.75 Å². The fourth-order valence-corrected chi connectivity index (χ4v) is 3.40. The van der Waals surface area contributed by atoms with Gasteiger partial charge in [0.25, 0.3) is 0 Å². The minimum Gasteiger partial charge on any atom is -0.406 e. The molecule has 3 rings (SSSR count). The maximum absolute atomic E-state index is 12.1. The number of hydrogen-bond donors (Lipinski definition) is 0. The van der Waals surface area contributed by atoms with Gasteiger partial charge in [-0.2, -0.15) is 10.2 Å². The van der Waals surface area contributed by atoms with E-state index in [0.29, 0.717) is 11.5 Å². The van der Waals surface area contributed by atoms with E-state index < -0.39 is 6.36 Å². The van der Waals surface area contributed by atoms with Crippen LogP contribution in [0.4, 0.5) is 13.2 Å². The molecule has 1 aliphatic rings. The monoisotopic (exact) mass is 388 g/mol. The first-order valence-corrected chi connectivity index (χ1v) is 9.41. The first-order chi connectivity index (χ1) is 13.4. The molecule has 28 heavy (non-hydrogen) atoms. The molecule has 0 aromatic heterocycles. The molecule has 0 unspecified atom stereocenters. The molecular formula is C22H23F3N2O. The highest BCUT2D eigenvalue weighted by Crippen LogP contribution is 2.35. The SMILES string of the molecule is CC1CCC(c2ccc(/C=N\N=C/c3ccc(OC(F)(F)F)cc3)cc2)CC1. The van der Waals surface area contributed by atoms with E-state index >= 15 is 0 Å². The third-order valence-electron chi connectivity index (χ3n) is 5.02. The van der Waals surface area contributed by atoms with Crippen LogP contribution < -0.4 is 4.74 Å². The molecule has 148 valence electrons. The van der Waals surface area contributed by atoms with Crippen molar-refractivity contribution in [1.82, 2.24) is 0 Å². The van der Waals surface area contributed by atoms with Gasteiger partial charge < -0.3 is 4.74 Å². The van der Waals surface area contributed by atoms with Crippen LogP contribution in [0.3, 0.4) is 0 Å². The molecule has 0 heterocycles. The van der Waals surface area contributed by atoms with Crippen LogP contribution in [0.15, 0.2) is 58.7 Å². The van der Waals surface area contributed by atoms with E-state index in [9.17, 15) is 13.2 Å². The molecule has 0 spiro atoms. The Bertz CT molecular complexity index is 803. The molecule has 0 radical (unpaired) electrons. The van der Waals surface area contributed by atoms with Gasteiger partial charge in [0.15, 0.2) is 0 Å². The molecule has 6 heteroatoms. The number of nitrogens with zero attached hydrogens (tertiary/aromatic N) is 2. The first kappa shape index (κ1) is 20.1. The Morgan fingerprint density at radius 2 is 1.32 bits per heavy atom. The molecule has 1 saturated carbocycles. The Hall–Kier alpha value is -2.63. The summed E-state index contributed by atoms with van der Waals surface area (Å²) in [6.45, 7) is 2.32. The minimum absolute atomic E-state index is 0.263. The summed E-state index contributed by atoms with van der Waals surface area (Å²) in [7, 11) is 0. The number of halogens is 3. The van der Waals surface area contributed by atoms with E-state index in [2.05, 4.69) is 34.0 Å². The lowest BCUT2D eigenvalue weighted by Crippen LogP contribution is -2.16. The summed E-state index contributed by atoms with van der Waals surface area (Å²) in [5.41, 5.74) is 2.97. The average molecular weight is 388 g/mol. The smallest absolute Gasteiger partial charge is 0.406 e. The highest BCUT2D eigenvalue weighted by atomic mass is 19.4. The Labute approximate surface area is 163 Å². The van der Waals surface area contributed by atoms with E-state index in [4.69, 9.17) is 0 Å². The summed E-state index contributed by atoms with van der Waals surface area (Å²) in [6.07, 6.45) is 3.55. The number of ether oxygens (including phenoxy) is 1. The van der Waals surface area contributed by atoms with Crippen molar-refractivity contribution in [3.8, 4) is 5.75 Å².